The smallest absolute Gasteiger partial charge is 0.255 e. The number of primary amides is 1. The second-order valence-corrected chi connectivity index (χ2v) is 10.1. The topological polar surface area (TPSA) is 110 Å². The quantitative estimate of drug-likeness (QED) is 0.634. The Morgan fingerprint density at radius 3 is 2.50 bits per heavy atom. The Balaban J connectivity index is 1.84. The second-order valence-electron chi connectivity index (χ2n) is 7.15. The minimum atomic E-state index is -3.65. The standard InChI is InChI=1S/C21H25N3O4S2/c1-15-9-10-16(13-19(15)30(27,28)24-11-5-2-6-12-24)21(26)23-17-7-3-4-8-18(17)29-14-20(22)25/h3-4,7-10,13H,2,5-6,11-12,14H2,1H3,(H2,22,25)(H,23,26). The Labute approximate surface area is 181 Å². The van der Waals surface area contributed by atoms with Crippen LogP contribution in [0.2, 0.25) is 0 Å². The largest absolute Gasteiger partial charge is 0.369 e. The maximum Gasteiger partial charge on any atom is 0.255 e. The number of piperidine rings is 1. The number of anilines is 1. The van der Waals surface area contributed by atoms with Gasteiger partial charge in [0.2, 0.25) is 15.9 Å². The first-order valence-electron chi connectivity index (χ1n) is 9.71. The van der Waals surface area contributed by atoms with E-state index >= 15 is 0 Å². The number of carbonyl (C=O) groups excluding carboxylic acids is 2. The molecule has 1 fully saturated rings. The number of nitrogens with zero attached hydrogens (tertiary/aromatic N) is 1. The van der Waals surface area contributed by atoms with E-state index in [9.17, 15) is 18.0 Å². The molecular formula is C21H25N3O4S2. The van der Waals surface area contributed by atoms with Crippen molar-refractivity contribution >= 4 is 39.3 Å². The highest BCUT2D eigenvalue weighted by molar-refractivity contribution is 8.00. The van der Waals surface area contributed by atoms with Crippen molar-refractivity contribution in [2.75, 3.05) is 24.2 Å². The Morgan fingerprint density at radius 1 is 1.10 bits per heavy atom. The van der Waals surface area contributed by atoms with E-state index in [4.69, 9.17) is 5.73 Å². The van der Waals surface area contributed by atoms with E-state index in [0.717, 1.165) is 19.3 Å². The molecule has 0 saturated carbocycles. The number of rotatable bonds is 7. The summed E-state index contributed by atoms with van der Waals surface area (Å²) < 4.78 is 27.7. The van der Waals surface area contributed by atoms with Gasteiger partial charge in [0, 0.05) is 23.5 Å². The van der Waals surface area contributed by atoms with Gasteiger partial charge in [-0.25, -0.2) is 8.42 Å². The molecule has 3 N–H and O–H groups in total. The molecule has 1 aliphatic heterocycles. The summed E-state index contributed by atoms with van der Waals surface area (Å²) in [5.41, 5.74) is 6.61. The molecule has 7 nitrogen and oxygen atoms in total. The number of carbonyl (C=O) groups is 2. The molecule has 1 saturated heterocycles. The van der Waals surface area contributed by atoms with Crippen LogP contribution in [0.5, 0.6) is 0 Å². The van der Waals surface area contributed by atoms with Gasteiger partial charge in [0.05, 0.1) is 16.3 Å². The fourth-order valence-electron chi connectivity index (χ4n) is 3.30. The van der Waals surface area contributed by atoms with E-state index in [1.54, 1.807) is 43.3 Å². The average Bonchev–Trinajstić information content (AvgIpc) is 2.73. The minimum Gasteiger partial charge on any atom is -0.369 e. The number of hydrogen-bond donors (Lipinski definition) is 2. The van der Waals surface area contributed by atoms with Gasteiger partial charge >= 0.3 is 0 Å². The van der Waals surface area contributed by atoms with Crippen LogP contribution in [0.15, 0.2) is 52.3 Å². The van der Waals surface area contributed by atoms with E-state index in [0.29, 0.717) is 29.2 Å². The summed E-state index contributed by atoms with van der Waals surface area (Å²) in [6, 6.07) is 11.8. The lowest BCUT2D eigenvalue weighted by atomic mass is 10.1. The average molecular weight is 448 g/mol. The number of nitrogens with two attached hydrogens (primary N) is 1. The van der Waals surface area contributed by atoms with Crippen LogP contribution in [0.3, 0.4) is 0 Å². The number of sulfonamides is 1. The van der Waals surface area contributed by atoms with E-state index in [2.05, 4.69) is 5.32 Å². The van der Waals surface area contributed by atoms with Crippen LogP contribution in [0, 0.1) is 6.92 Å². The number of thioether (sulfide) groups is 1. The summed E-state index contributed by atoms with van der Waals surface area (Å²) in [4.78, 5) is 24.8. The lowest BCUT2D eigenvalue weighted by molar-refractivity contribution is -0.115. The fraction of sp³-hybridized carbons (Fsp3) is 0.333. The minimum absolute atomic E-state index is 0.0929. The number of aryl methyl sites for hydroxylation is 1. The van der Waals surface area contributed by atoms with Crippen LogP contribution in [0.1, 0.15) is 35.2 Å². The molecule has 0 unspecified atom stereocenters. The number of benzene rings is 2. The van der Waals surface area contributed by atoms with Crippen LogP contribution < -0.4 is 11.1 Å². The van der Waals surface area contributed by atoms with E-state index in [1.165, 1.54) is 22.1 Å². The summed E-state index contributed by atoms with van der Waals surface area (Å²) >= 11 is 1.23. The molecule has 2 amide bonds. The van der Waals surface area contributed by atoms with Crippen LogP contribution in [0.25, 0.3) is 0 Å². The van der Waals surface area contributed by atoms with Gasteiger partial charge < -0.3 is 11.1 Å². The number of nitrogens with one attached hydrogen (secondary N) is 1. The van der Waals surface area contributed by atoms with E-state index in [-0.39, 0.29) is 16.2 Å². The van der Waals surface area contributed by atoms with Crippen molar-refractivity contribution in [3.8, 4) is 0 Å². The molecule has 0 aliphatic carbocycles. The van der Waals surface area contributed by atoms with Crippen molar-refractivity contribution < 1.29 is 18.0 Å². The van der Waals surface area contributed by atoms with Crippen molar-refractivity contribution in [1.29, 1.82) is 0 Å². The van der Waals surface area contributed by atoms with Gasteiger partial charge in [-0.3, -0.25) is 9.59 Å². The van der Waals surface area contributed by atoms with Crippen LogP contribution >= 0.6 is 11.8 Å². The molecule has 0 bridgehead atoms. The van der Waals surface area contributed by atoms with Crippen molar-refractivity contribution in [3.63, 3.8) is 0 Å². The van der Waals surface area contributed by atoms with Gasteiger partial charge in [-0.2, -0.15) is 4.31 Å². The highest BCUT2D eigenvalue weighted by Gasteiger charge is 2.28. The lowest BCUT2D eigenvalue weighted by Gasteiger charge is -2.26. The SMILES string of the molecule is Cc1ccc(C(=O)Nc2ccccc2SCC(N)=O)cc1S(=O)(=O)N1CCCCC1. The first kappa shape index (κ1) is 22.3. The number of para-hydroxylation sites is 1. The molecule has 9 heteroatoms. The molecule has 2 aromatic carbocycles. The Hall–Kier alpha value is -2.36. The van der Waals surface area contributed by atoms with Crippen LogP contribution in [-0.2, 0) is 14.8 Å². The zero-order valence-corrected chi connectivity index (χ0v) is 18.4. The molecular weight excluding hydrogens is 422 g/mol. The Bertz CT molecular complexity index is 1050. The monoisotopic (exact) mass is 447 g/mol. The van der Waals surface area contributed by atoms with Gasteiger partial charge in [-0.1, -0.05) is 24.6 Å². The van der Waals surface area contributed by atoms with Gasteiger partial charge in [-0.05, 0) is 49.6 Å². The predicted octanol–water partition coefficient (Wildman–Crippen LogP) is 3.00. The van der Waals surface area contributed by atoms with E-state index in [1.807, 2.05) is 0 Å². The van der Waals surface area contributed by atoms with Crippen molar-refractivity contribution in [2.45, 2.75) is 36.0 Å². The number of amides is 2. The second kappa shape index (κ2) is 9.63. The first-order valence-corrected chi connectivity index (χ1v) is 12.1. The Morgan fingerprint density at radius 2 is 1.80 bits per heavy atom. The third-order valence-corrected chi connectivity index (χ3v) is 8.02. The highest BCUT2D eigenvalue weighted by atomic mass is 32.2. The van der Waals surface area contributed by atoms with E-state index < -0.39 is 21.8 Å². The summed E-state index contributed by atoms with van der Waals surface area (Å²) in [6.45, 7) is 2.74. The molecule has 0 spiro atoms. The Kier molecular flexibility index (Phi) is 7.17. The number of hydrogen-bond acceptors (Lipinski definition) is 5. The molecule has 0 atom stereocenters. The lowest BCUT2D eigenvalue weighted by Crippen LogP contribution is -2.36. The molecule has 1 aliphatic rings. The molecule has 3 rings (SSSR count). The van der Waals surface area contributed by atoms with Gasteiger partial charge in [0.25, 0.3) is 5.91 Å². The first-order chi connectivity index (χ1) is 14.3. The van der Waals surface area contributed by atoms with Gasteiger partial charge in [-0.15, -0.1) is 11.8 Å². The van der Waals surface area contributed by atoms with Crippen molar-refractivity contribution in [3.05, 3.63) is 53.6 Å². The summed E-state index contributed by atoms with van der Waals surface area (Å²) in [6.07, 6.45) is 2.72. The summed E-state index contributed by atoms with van der Waals surface area (Å²) in [5, 5.41) is 2.81. The maximum absolute atomic E-state index is 13.1. The molecule has 160 valence electrons. The molecule has 2 aromatic rings. The van der Waals surface area contributed by atoms with Crippen LogP contribution in [-0.4, -0.2) is 43.4 Å². The normalized spacial score (nSPS) is 15.0. The van der Waals surface area contributed by atoms with Crippen LogP contribution in [0.4, 0.5) is 5.69 Å². The van der Waals surface area contributed by atoms with Crippen molar-refractivity contribution in [2.24, 2.45) is 5.73 Å². The summed E-state index contributed by atoms with van der Waals surface area (Å²) in [7, 11) is -3.65. The zero-order chi connectivity index (χ0) is 21.7. The molecule has 0 radical (unpaired) electrons. The molecule has 0 aromatic heterocycles. The maximum atomic E-state index is 13.1. The predicted molar refractivity (Wildman–Crippen MR) is 118 cm³/mol. The highest BCUT2D eigenvalue weighted by Crippen LogP contribution is 2.28. The fourth-order valence-corrected chi connectivity index (χ4v) is 5.82. The molecule has 1 heterocycles. The summed E-state index contributed by atoms with van der Waals surface area (Å²) in [5.74, 6) is -0.778. The molecule has 30 heavy (non-hydrogen) atoms. The van der Waals surface area contributed by atoms with Gasteiger partial charge in [0.1, 0.15) is 0 Å². The third-order valence-electron chi connectivity index (χ3n) is 4.89. The van der Waals surface area contributed by atoms with Crippen molar-refractivity contribution in [1.82, 2.24) is 4.31 Å². The third kappa shape index (κ3) is 5.21. The van der Waals surface area contributed by atoms with Gasteiger partial charge in [0.15, 0.2) is 0 Å². The zero-order valence-electron chi connectivity index (χ0n) is 16.8.